The zero-order valence-corrected chi connectivity index (χ0v) is 10.8. The zero-order valence-electron chi connectivity index (χ0n) is 9.99. The van der Waals surface area contributed by atoms with Crippen molar-refractivity contribution < 1.29 is 4.79 Å². The van der Waals surface area contributed by atoms with Gasteiger partial charge in [-0.3, -0.25) is 9.69 Å². The lowest BCUT2D eigenvalue weighted by molar-refractivity contribution is -0.130. The van der Waals surface area contributed by atoms with Gasteiger partial charge in [0.2, 0.25) is 5.91 Å². The SMILES string of the molecule is CCN(CC(=O)N(C)C)C(C)CC(N)=S. The number of likely N-dealkylation sites (N-methyl/N-ethyl adjacent to an activating group) is 2. The first-order valence-electron chi connectivity index (χ1n) is 5.11. The molecule has 4 nitrogen and oxygen atoms in total. The summed E-state index contributed by atoms with van der Waals surface area (Å²) in [7, 11) is 3.52. The maximum absolute atomic E-state index is 11.5. The summed E-state index contributed by atoms with van der Waals surface area (Å²) in [6, 6.07) is 0.219. The van der Waals surface area contributed by atoms with Crippen molar-refractivity contribution in [2.45, 2.75) is 26.3 Å². The van der Waals surface area contributed by atoms with Gasteiger partial charge in [0.25, 0.3) is 0 Å². The van der Waals surface area contributed by atoms with E-state index >= 15 is 0 Å². The first-order valence-corrected chi connectivity index (χ1v) is 5.51. The molecule has 0 aliphatic carbocycles. The van der Waals surface area contributed by atoms with E-state index in [1.807, 2.05) is 13.8 Å². The Hall–Kier alpha value is -0.680. The summed E-state index contributed by atoms with van der Waals surface area (Å²) in [6.07, 6.45) is 0.657. The number of nitrogens with zero attached hydrogens (tertiary/aromatic N) is 2. The van der Waals surface area contributed by atoms with Crippen LogP contribution in [-0.2, 0) is 4.79 Å². The van der Waals surface area contributed by atoms with Crippen LogP contribution in [0.25, 0.3) is 0 Å². The molecule has 0 bridgehead atoms. The van der Waals surface area contributed by atoms with Gasteiger partial charge in [-0.1, -0.05) is 19.1 Å². The molecule has 2 N–H and O–H groups in total. The lowest BCUT2D eigenvalue weighted by Crippen LogP contribution is -2.42. The number of thiocarbonyl (C=S) groups is 1. The van der Waals surface area contributed by atoms with Crippen LogP contribution >= 0.6 is 12.2 Å². The molecule has 0 saturated carbocycles. The molecular weight excluding hydrogens is 210 g/mol. The van der Waals surface area contributed by atoms with Crippen LogP contribution in [0, 0.1) is 0 Å². The van der Waals surface area contributed by atoms with Gasteiger partial charge in [0.1, 0.15) is 0 Å². The molecule has 0 fully saturated rings. The summed E-state index contributed by atoms with van der Waals surface area (Å²) in [5.74, 6) is 0.103. The van der Waals surface area contributed by atoms with Crippen molar-refractivity contribution in [3.8, 4) is 0 Å². The number of rotatable bonds is 6. The van der Waals surface area contributed by atoms with Crippen molar-refractivity contribution in [1.82, 2.24) is 9.80 Å². The van der Waals surface area contributed by atoms with Crippen LogP contribution in [-0.4, -0.2) is 53.9 Å². The smallest absolute Gasteiger partial charge is 0.236 e. The van der Waals surface area contributed by atoms with Gasteiger partial charge in [-0.15, -0.1) is 0 Å². The van der Waals surface area contributed by atoms with Gasteiger partial charge in [0.05, 0.1) is 11.5 Å². The molecule has 0 aromatic carbocycles. The van der Waals surface area contributed by atoms with E-state index in [4.69, 9.17) is 18.0 Å². The van der Waals surface area contributed by atoms with E-state index in [2.05, 4.69) is 4.90 Å². The Labute approximate surface area is 97.4 Å². The van der Waals surface area contributed by atoms with Gasteiger partial charge in [-0.25, -0.2) is 0 Å². The van der Waals surface area contributed by atoms with Gasteiger partial charge in [0, 0.05) is 26.6 Å². The molecule has 0 aromatic rings. The number of hydrogen-bond donors (Lipinski definition) is 1. The lowest BCUT2D eigenvalue weighted by Gasteiger charge is -2.27. The predicted molar refractivity (Wildman–Crippen MR) is 66.8 cm³/mol. The summed E-state index contributed by atoms with van der Waals surface area (Å²) in [5, 5.41) is 0. The quantitative estimate of drug-likeness (QED) is 0.675. The Bertz CT molecular complexity index is 231. The molecule has 0 aliphatic heterocycles. The molecule has 5 heteroatoms. The topological polar surface area (TPSA) is 49.6 Å². The number of carbonyl (C=O) groups is 1. The number of amides is 1. The molecule has 1 atom stereocenters. The Morgan fingerprint density at radius 2 is 2.00 bits per heavy atom. The van der Waals surface area contributed by atoms with Crippen molar-refractivity contribution in [3.05, 3.63) is 0 Å². The van der Waals surface area contributed by atoms with Crippen LogP contribution in [0.3, 0.4) is 0 Å². The summed E-state index contributed by atoms with van der Waals surface area (Å²) >= 11 is 4.86. The van der Waals surface area contributed by atoms with Crippen LogP contribution in [0.2, 0.25) is 0 Å². The van der Waals surface area contributed by atoms with Gasteiger partial charge in [0.15, 0.2) is 0 Å². The minimum Gasteiger partial charge on any atom is -0.393 e. The van der Waals surface area contributed by atoms with E-state index in [0.29, 0.717) is 18.0 Å². The first-order chi connectivity index (χ1) is 6.88. The Balaban J connectivity index is 4.23. The maximum atomic E-state index is 11.5. The van der Waals surface area contributed by atoms with Gasteiger partial charge in [-0.2, -0.15) is 0 Å². The standard InChI is InChI=1S/C10H21N3OS/c1-5-13(7-10(14)12(3)4)8(2)6-9(11)15/h8H,5-7H2,1-4H3,(H2,11,15). The monoisotopic (exact) mass is 231 g/mol. The second-order valence-electron chi connectivity index (χ2n) is 3.87. The van der Waals surface area contributed by atoms with Crippen LogP contribution < -0.4 is 5.73 Å². The molecule has 88 valence electrons. The Morgan fingerprint density at radius 1 is 1.47 bits per heavy atom. The fourth-order valence-electron chi connectivity index (χ4n) is 1.31. The minimum atomic E-state index is 0.103. The second-order valence-corrected chi connectivity index (χ2v) is 4.40. The van der Waals surface area contributed by atoms with E-state index in [1.54, 1.807) is 19.0 Å². The van der Waals surface area contributed by atoms with Crippen LogP contribution in [0.4, 0.5) is 0 Å². The van der Waals surface area contributed by atoms with Crippen LogP contribution in [0.5, 0.6) is 0 Å². The van der Waals surface area contributed by atoms with Gasteiger partial charge < -0.3 is 10.6 Å². The highest BCUT2D eigenvalue weighted by molar-refractivity contribution is 7.80. The third-order valence-corrected chi connectivity index (χ3v) is 2.53. The van der Waals surface area contributed by atoms with Crippen molar-refractivity contribution in [1.29, 1.82) is 0 Å². The van der Waals surface area contributed by atoms with Crippen LogP contribution in [0.15, 0.2) is 0 Å². The molecule has 0 rings (SSSR count). The molecule has 0 aromatic heterocycles. The average molecular weight is 231 g/mol. The fraction of sp³-hybridized carbons (Fsp3) is 0.800. The third kappa shape index (κ3) is 5.69. The lowest BCUT2D eigenvalue weighted by atomic mass is 10.2. The number of nitrogens with two attached hydrogens (primary N) is 1. The molecule has 0 aliphatic rings. The molecule has 0 radical (unpaired) electrons. The third-order valence-electron chi connectivity index (χ3n) is 2.36. The molecule has 0 saturated heterocycles. The van der Waals surface area contributed by atoms with E-state index in [-0.39, 0.29) is 11.9 Å². The van der Waals surface area contributed by atoms with Crippen LogP contribution in [0.1, 0.15) is 20.3 Å². The summed E-state index contributed by atoms with van der Waals surface area (Å²) in [6.45, 7) is 5.31. The summed E-state index contributed by atoms with van der Waals surface area (Å²) < 4.78 is 0. The number of carbonyl (C=O) groups excluding carboxylic acids is 1. The molecule has 15 heavy (non-hydrogen) atoms. The minimum absolute atomic E-state index is 0.103. The molecule has 0 heterocycles. The Kier molecular flexibility index (Phi) is 6.43. The highest BCUT2D eigenvalue weighted by Crippen LogP contribution is 2.04. The number of hydrogen-bond acceptors (Lipinski definition) is 3. The summed E-state index contributed by atoms with van der Waals surface area (Å²) in [5.41, 5.74) is 5.49. The zero-order chi connectivity index (χ0) is 12.0. The fourth-order valence-corrected chi connectivity index (χ4v) is 1.56. The van der Waals surface area contributed by atoms with E-state index in [1.165, 1.54) is 0 Å². The van der Waals surface area contributed by atoms with Crippen molar-refractivity contribution >= 4 is 23.1 Å². The van der Waals surface area contributed by atoms with Crippen molar-refractivity contribution in [3.63, 3.8) is 0 Å². The van der Waals surface area contributed by atoms with Gasteiger partial charge in [-0.05, 0) is 13.5 Å². The van der Waals surface area contributed by atoms with Crippen molar-refractivity contribution in [2.75, 3.05) is 27.2 Å². The largest absolute Gasteiger partial charge is 0.393 e. The normalized spacial score (nSPS) is 12.6. The molecule has 0 spiro atoms. The first kappa shape index (κ1) is 14.3. The highest BCUT2D eigenvalue weighted by atomic mass is 32.1. The maximum Gasteiger partial charge on any atom is 0.236 e. The summed E-state index contributed by atoms with van der Waals surface area (Å²) in [4.78, 5) is 15.7. The van der Waals surface area contributed by atoms with Crippen molar-refractivity contribution in [2.24, 2.45) is 5.73 Å². The van der Waals surface area contributed by atoms with E-state index in [9.17, 15) is 4.79 Å². The van der Waals surface area contributed by atoms with E-state index < -0.39 is 0 Å². The van der Waals surface area contributed by atoms with E-state index in [0.717, 1.165) is 6.54 Å². The molecular formula is C10H21N3OS. The van der Waals surface area contributed by atoms with Gasteiger partial charge >= 0.3 is 0 Å². The highest BCUT2D eigenvalue weighted by Gasteiger charge is 2.16. The molecule has 1 unspecified atom stereocenters. The predicted octanol–water partition coefficient (Wildman–Crippen LogP) is 0.461. The second kappa shape index (κ2) is 6.74. The average Bonchev–Trinajstić information content (AvgIpc) is 2.11. The molecule has 1 amide bonds. The Morgan fingerprint density at radius 3 is 2.33 bits per heavy atom.